The van der Waals surface area contributed by atoms with E-state index in [0.29, 0.717) is 50.9 Å². The van der Waals surface area contributed by atoms with E-state index < -0.39 is 47.0 Å². The largest absolute Gasteiger partial charge is 0.434 e. The molecule has 2 aliphatic rings. The van der Waals surface area contributed by atoms with E-state index in [0.717, 1.165) is 12.4 Å². The number of H-pyrrole nitrogens is 1. The van der Waals surface area contributed by atoms with Gasteiger partial charge in [0.1, 0.15) is 17.5 Å². The fourth-order valence-electron chi connectivity index (χ4n) is 4.59. The number of aromatic amines is 1. The van der Waals surface area contributed by atoms with Crippen molar-refractivity contribution >= 4 is 17.4 Å². The maximum atomic E-state index is 13.2. The number of anilines is 2. The smallest absolute Gasteiger partial charge is 0.378 e. The second-order valence-electron chi connectivity index (χ2n) is 9.15. The molecule has 0 aromatic carbocycles. The third-order valence-corrected chi connectivity index (χ3v) is 6.44. The molecule has 0 spiro atoms. The summed E-state index contributed by atoms with van der Waals surface area (Å²) in [5.41, 5.74) is -4.31. The maximum absolute atomic E-state index is 13.2. The Bertz CT molecular complexity index is 1180. The van der Waals surface area contributed by atoms with E-state index in [2.05, 4.69) is 20.4 Å². The van der Waals surface area contributed by atoms with Crippen molar-refractivity contribution in [2.24, 2.45) is 0 Å². The van der Waals surface area contributed by atoms with E-state index in [1.54, 1.807) is 16.9 Å². The minimum Gasteiger partial charge on any atom is -0.378 e. The zero-order chi connectivity index (χ0) is 27.7. The number of likely N-dealkylation sites (tertiary alicyclic amines) is 1. The van der Waals surface area contributed by atoms with Crippen LogP contribution in [0.25, 0.3) is 0 Å². The second kappa shape index (κ2) is 10.7. The lowest BCUT2D eigenvalue weighted by atomic mass is 10.0. The lowest BCUT2D eigenvalue weighted by Crippen LogP contribution is -2.47. The van der Waals surface area contributed by atoms with Crippen LogP contribution in [0.5, 0.6) is 0 Å². The number of amides is 1. The Labute approximate surface area is 212 Å². The van der Waals surface area contributed by atoms with Crippen molar-refractivity contribution in [1.29, 1.82) is 0 Å². The van der Waals surface area contributed by atoms with Crippen molar-refractivity contribution in [1.82, 2.24) is 25.1 Å². The number of piperidine rings is 1. The summed E-state index contributed by atoms with van der Waals surface area (Å²) in [7, 11) is 0. The van der Waals surface area contributed by atoms with E-state index in [-0.39, 0.29) is 18.6 Å². The third kappa shape index (κ3) is 6.16. The van der Waals surface area contributed by atoms with Gasteiger partial charge in [0.05, 0.1) is 30.9 Å². The Morgan fingerprint density at radius 2 is 1.74 bits per heavy atom. The van der Waals surface area contributed by atoms with E-state index in [1.807, 2.05) is 4.90 Å². The minimum absolute atomic E-state index is 0.0817. The molecule has 16 heteroatoms. The Balaban J connectivity index is 1.27. The van der Waals surface area contributed by atoms with Gasteiger partial charge in [0.25, 0.3) is 11.5 Å². The number of alkyl halides is 6. The molecule has 2 aliphatic heterocycles. The van der Waals surface area contributed by atoms with E-state index in [4.69, 9.17) is 4.74 Å². The Hall–Kier alpha value is -3.43. The molecular formula is C22H25F6N7O3. The lowest BCUT2D eigenvalue weighted by Gasteiger charge is -2.37. The lowest BCUT2D eigenvalue weighted by molar-refractivity contribution is -0.141. The van der Waals surface area contributed by atoms with Gasteiger partial charge in [-0.1, -0.05) is 0 Å². The number of rotatable bonds is 7. The summed E-state index contributed by atoms with van der Waals surface area (Å²) < 4.78 is 83.5. The standard InChI is InChI=1S/C22H25F6N7O3/c1-12(32-14-8-31-33-19(36)18(14)22(26,27)28)11-38-15-4-7-35(20(15)37)13-2-5-34(6-3-13)17-10-29-16(9-30-17)21(23,24)25/h8-10,12-13,15H,2-7,11H2,1H3,(H2,32,33,36)/t12?,15-/m0/s1. The van der Waals surface area contributed by atoms with Gasteiger partial charge in [0.2, 0.25) is 0 Å². The van der Waals surface area contributed by atoms with Crippen molar-refractivity contribution in [2.75, 3.05) is 36.5 Å². The topological polar surface area (TPSA) is 116 Å². The quantitative estimate of drug-likeness (QED) is 0.507. The van der Waals surface area contributed by atoms with Crippen molar-refractivity contribution in [3.8, 4) is 0 Å². The van der Waals surface area contributed by atoms with Gasteiger partial charge in [-0.2, -0.15) is 31.4 Å². The molecule has 2 atom stereocenters. The first kappa shape index (κ1) is 27.6. The summed E-state index contributed by atoms with van der Waals surface area (Å²) in [6.45, 7) is 2.88. The summed E-state index contributed by atoms with van der Waals surface area (Å²) in [4.78, 5) is 35.3. The number of carbonyl (C=O) groups excluding carboxylic acids is 1. The number of hydrogen-bond donors (Lipinski definition) is 2. The van der Waals surface area contributed by atoms with E-state index in [1.165, 1.54) is 0 Å². The predicted octanol–water partition coefficient (Wildman–Crippen LogP) is 2.68. The van der Waals surface area contributed by atoms with Gasteiger partial charge in [-0.25, -0.2) is 15.1 Å². The number of carbonyl (C=O) groups is 1. The molecule has 208 valence electrons. The zero-order valence-electron chi connectivity index (χ0n) is 20.1. The highest BCUT2D eigenvalue weighted by atomic mass is 19.4. The van der Waals surface area contributed by atoms with Crippen LogP contribution in [0.3, 0.4) is 0 Å². The SMILES string of the molecule is CC(CO[C@H]1CCN(C2CCN(c3cnc(C(F)(F)F)cn3)CC2)C1=O)Nc1cn[nH]c(=O)c1C(F)(F)F. The summed E-state index contributed by atoms with van der Waals surface area (Å²) >= 11 is 0. The molecule has 0 bridgehead atoms. The average Bonchev–Trinajstić information content (AvgIpc) is 3.21. The van der Waals surface area contributed by atoms with Gasteiger partial charge in [-0.05, 0) is 19.8 Å². The average molecular weight is 549 g/mol. The van der Waals surface area contributed by atoms with Crippen molar-refractivity contribution < 1.29 is 35.9 Å². The molecular weight excluding hydrogens is 524 g/mol. The molecule has 0 aliphatic carbocycles. The van der Waals surface area contributed by atoms with Crippen LogP contribution in [-0.2, 0) is 21.9 Å². The number of nitrogens with one attached hydrogen (secondary N) is 2. The number of halogens is 6. The molecule has 1 unspecified atom stereocenters. The molecule has 4 heterocycles. The number of aromatic nitrogens is 4. The van der Waals surface area contributed by atoms with Gasteiger partial charge < -0.3 is 19.9 Å². The minimum atomic E-state index is -4.88. The molecule has 0 saturated carbocycles. The van der Waals surface area contributed by atoms with Crippen LogP contribution in [0.1, 0.15) is 37.4 Å². The fourth-order valence-corrected chi connectivity index (χ4v) is 4.59. The molecule has 2 fully saturated rings. The number of ether oxygens (including phenoxy) is 1. The summed E-state index contributed by atoms with van der Waals surface area (Å²) in [5, 5.41) is 7.74. The van der Waals surface area contributed by atoms with Gasteiger partial charge in [-0.15, -0.1) is 0 Å². The highest BCUT2D eigenvalue weighted by molar-refractivity contribution is 5.83. The molecule has 2 saturated heterocycles. The molecule has 10 nitrogen and oxygen atoms in total. The highest BCUT2D eigenvalue weighted by Gasteiger charge is 2.40. The van der Waals surface area contributed by atoms with Crippen LogP contribution in [-0.4, -0.2) is 75.4 Å². The van der Waals surface area contributed by atoms with Crippen LogP contribution < -0.4 is 15.8 Å². The first-order chi connectivity index (χ1) is 17.8. The van der Waals surface area contributed by atoms with E-state index >= 15 is 0 Å². The van der Waals surface area contributed by atoms with Gasteiger partial charge in [0, 0.05) is 38.1 Å². The van der Waals surface area contributed by atoms with Crippen molar-refractivity contribution in [3.05, 3.63) is 40.2 Å². The van der Waals surface area contributed by atoms with Crippen LogP contribution in [0.4, 0.5) is 37.8 Å². The molecule has 38 heavy (non-hydrogen) atoms. The van der Waals surface area contributed by atoms with Crippen LogP contribution >= 0.6 is 0 Å². The monoisotopic (exact) mass is 549 g/mol. The summed E-state index contributed by atoms with van der Waals surface area (Å²) in [5.74, 6) is 0.106. The fraction of sp³-hybridized carbons (Fsp3) is 0.591. The normalized spacial score (nSPS) is 20.2. The Morgan fingerprint density at radius 3 is 2.34 bits per heavy atom. The van der Waals surface area contributed by atoms with Gasteiger partial charge >= 0.3 is 12.4 Å². The van der Waals surface area contributed by atoms with Gasteiger partial charge in [-0.3, -0.25) is 9.59 Å². The first-order valence-electron chi connectivity index (χ1n) is 11.8. The molecule has 2 aromatic heterocycles. The first-order valence-corrected chi connectivity index (χ1v) is 11.8. The molecule has 1 amide bonds. The molecule has 0 radical (unpaired) electrons. The predicted molar refractivity (Wildman–Crippen MR) is 121 cm³/mol. The molecule has 4 rings (SSSR count). The van der Waals surface area contributed by atoms with Crippen LogP contribution in [0, 0.1) is 0 Å². The molecule has 2 aromatic rings. The Morgan fingerprint density at radius 1 is 1.03 bits per heavy atom. The number of hydrogen-bond acceptors (Lipinski definition) is 8. The summed E-state index contributed by atoms with van der Waals surface area (Å²) in [6, 6.07) is -0.739. The highest BCUT2D eigenvalue weighted by Crippen LogP contribution is 2.32. The Kier molecular flexibility index (Phi) is 7.80. The zero-order valence-corrected chi connectivity index (χ0v) is 20.1. The second-order valence-corrected chi connectivity index (χ2v) is 9.15. The van der Waals surface area contributed by atoms with Crippen molar-refractivity contribution in [2.45, 2.75) is 56.7 Å². The number of nitrogens with zero attached hydrogens (tertiary/aromatic N) is 5. The van der Waals surface area contributed by atoms with Crippen LogP contribution in [0.2, 0.25) is 0 Å². The van der Waals surface area contributed by atoms with Crippen LogP contribution in [0.15, 0.2) is 23.4 Å². The van der Waals surface area contributed by atoms with Crippen molar-refractivity contribution in [3.63, 3.8) is 0 Å². The molecule has 2 N–H and O–H groups in total. The van der Waals surface area contributed by atoms with E-state index in [9.17, 15) is 35.9 Å². The maximum Gasteiger partial charge on any atom is 0.434 e. The summed E-state index contributed by atoms with van der Waals surface area (Å²) in [6.07, 6.45) is -5.98. The third-order valence-electron chi connectivity index (χ3n) is 6.44. The van der Waals surface area contributed by atoms with Gasteiger partial charge in [0.15, 0.2) is 5.69 Å².